The van der Waals surface area contributed by atoms with E-state index >= 15 is 13.2 Å². The number of hydrogen-bond acceptors (Lipinski definition) is 35. The molecule has 0 bridgehead atoms. The zero-order valence-corrected chi connectivity index (χ0v) is 70.5. The van der Waals surface area contributed by atoms with Gasteiger partial charge in [0.25, 0.3) is 5.91 Å². The number of alkyl halides is 9. The van der Waals surface area contributed by atoms with E-state index in [1.54, 1.807) is 67.6 Å². The number of aliphatic hydroxyl groups excluding tert-OH is 6. The Morgan fingerprint density at radius 3 is 1.47 bits per heavy atom. The fraction of sp³-hybridized carbons (Fsp3) is 0.461. The molecule has 0 radical (unpaired) electrons. The Balaban J connectivity index is 0.000000452. The number of esters is 4. The number of carbonyl (C=O) groups excluding carboxylic acids is 10. The van der Waals surface area contributed by atoms with Crippen LogP contribution in [0, 0.1) is 16.7 Å². The van der Waals surface area contributed by atoms with Crippen LogP contribution in [0.2, 0.25) is 0 Å². The predicted molar refractivity (Wildman–Crippen MR) is 432 cm³/mol. The Hall–Kier alpha value is -12.7. The van der Waals surface area contributed by atoms with Gasteiger partial charge in [-0.3, -0.25) is 58.9 Å². The number of nitrogens with zero attached hydrogens (tertiary/aromatic N) is 5. The zero-order valence-electron chi connectivity index (χ0n) is 69.7. The van der Waals surface area contributed by atoms with Crippen LogP contribution in [0.1, 0.15) is 89.4 Å². The van der Waals surface area contributed by atoms with Gasteiger partial charge >= 0.3 is 62.9 Å². The topological polar surface area (TPSA) is 754 Å². The molecule has 130 heavy (non-hydrogen) atoms. The zero-order chi connectivity index (χ0) is 99.3. The summed E-state index contributed by atoms with van der Waals surface area (Å²) < 4.78 is 187. The molecule has 21 atom stereocenters. The molecule has 4 aromatic carbocycles. The van der Waals surface area contributed by atoms with Crippen molar-refractivity contribution in [1.29, 1.82) is 10.8 Å². The van der Waals surface area contributed by atoms with Crippen molar-refractivity contribution in [2.45, 2.75) is 174 Å². The van der Waals surface area contributed by atoms with Gasteiger partial charge in [0.05, 0.1) is 46.1 Å². The highest BCUT2D eigenvalue weighted by atomic mass is 32.2. The average molecular weight is 1880 g/mol. The minimum absolute atomic E-state index is 0.0641. The van der Waals surface area contributed by atoms with Crippen molar-refractivity contribution in [1.82, 2.24) is 20.7 Å². The molecule has 7 rings (SSSR count). The van der Waals surface area contributed by atoms with Crippen molar-refractivity contribution in [3.63, 3.8) is 0 Å². The summed E-state index contributed by atoms with van der Waals surface area (Å²) in [7, 11) is -4.40. The normalized spacial score (nSPS) is 26.0. The number of ketones is 5. The Bertz CT molecular complexity index is 4910. The highest BCUT2D eigenvalue weighted by Crippen LogP contribution is 2.45. The molecule has 25 N–H and O–H groups in total. The molecule has 0 spiro atoms. The fourth-order valence-corrected chi connectivity index (χ4v) is 12.8. The van der Waals surface area contributed by atoms with Crippen molar-refractivity contribution in [2.24, 2.45) is 55.4 Å². The van der Waals surface area contributed by atoms with Crippen LogP contribution >= 0.6 is 0 Å². The number of halogens is 9. The standard InChI is InChI=1S/C29H34F2N4O9.C18H14F3N3O4S.C16H23F2N3O7.C12H20F2N4O7.CH5N3/c1-16(37)28(32)24(23(30)29(31,27(42)43-2)44-25(28)22(40)20(39)15-36)35-21(14-34-26(41)18-11-7-4-8-12-18)33-13-19(38)17-9-5-3-6-10-17;19-18(20,21)29(27,28)24-17(15(22)16(26)13-9-5-2-6-10-13)23-11-14(25)12-7-3-1-4-8-12;1-6-10(26-8(3)22)13(27-9(4)23)12-7(2)11(20-21-19)14(17)16(18,28-12)15(24)25-5;1-3(20)11(17)7(18-10(15)16)6(13)12(14,9(23)24)25-8(11)5(22)4(21)2-19;2-1(3)4/h3-12,14,20,22-25,33,35-36,39-40H,13,15,32H2,1-2H3,(H,34,41);1-10,22H,11H2,(H,23,24);7,10-14H,6H2,1-5H3;4-8,19,21-22H,2,17H2,1H3,(H,23,24)(H4,15,16,18);(H5,2,3,4)/b21-14+;;;;/t20-,22-,23?,24?,25?,28?,29?;;7?,10-,11?,12?,13-,14?,16?;4-,5-,6?,7?,8?,11?,12?;/m1.11./s1. The van der Waals surface area contributed by atoms with E-state index in [0.717, 1.165) is 52.8 Å². The summed E-state index contributed by atoms with van der Waals surface area (Å²) >= 11 is 0. The number of methoxy groups -OCH3 is 2. The fourth-order valence-electron chi connectivity index (χ4n) is 12.2. The van der Waals surface area contributed by atoms with Crippen molar-refractivity contribution in [2.75, 3.05) is 40.5 Å². The third-order valence-electron chi connectivity index (χ3n) is 19.0. The number of carbonyl (C=O) groups is 11. The number of azide groups is 1. The lowest BCUT2D eigenvalue weighted by Crippen LogP contribution is -2.82. The second-order valence-electron chi connectivity index (χ2n) is 27.9. The number of Topliss-reactive ketones (excluding diaryl/α,β-unsaturated/α-hetero) is 5. The van der Waals surface area contributed by atoms with Crippen LogP contribution in [0.4, 0.5) is 39.5 Å². The van der Waals surface area contributed by atoms with Gasteiger partial charge < -0.3 is 119 Å². The lowest BCUT2D eigenvalue weighted by Gasteiger charge is -2.52. The molecule has 0 aromatic heterocycles. The van der Waals surface area contributed by atoms with Crippen molar-refractivity contribution >= 4 is 98.2 Å². The molecule has 3 fully saturated rings. The molecule has 4 aromatic rings. The van der Waals surface area contributed by atoms with Crippen LogP contribution in [-0.2, 0) is 76.7 Å². The largest absolute Gasteiger partial charge is 0.516 e. The maximum absolute atomic E-state index is 16.1. The third-order valence-corrected chi connectivity index (χ3v) is 20.1. The van der Waals surface area contributed by atoms with E-state index in [-0.39, 0.29) is 40.5 Å². The summed E-state index contributed by atoms with van der Waals surface area (Å²) in [6.45, 7) is 3.41. The predicted octanol–water partition coefficient (Wildman–Crippen LogP) is -1.06. The minimum Gasteiger partial charge on any atom is -0.477 e. The van der Waals surface area contributed by atoms with Crippen LogP contribution in [0.25, 0.3) is 10.4 Å². The molecule has 54 heteroatoms. The smallest absolute Gasteiger partial charge is 0.477 e. The van der Waals surface area contributed by atoms with E-state index in [0.29, 0.717) is 0 Å². The molecule has 0 aliphatic carbocycles. The van der Waals surface area contributed by atoms with Gasteiger partial charge in [0.1, 0.15) is 84.0 Å². The number of aliphatic hydroxyl groups is 6. The van der Waals surface area contributed by atoms with Gasteiger partial charge in [-0.1, -0.05) is 128 Å². The number of carboxylic acid groups (broad SMARTS) is 1. The average Bonchev–Trinajstić information content (AvgIpc) is 0.719. The Morgan fingerprint density at radius 1 is 0.646 bits per heavy atom. The minimum atomic E-state index is -5.96. The lowest BCUT2D eigenvalue weighted by atomic mass is 9.72. The van der Waals surface area contributed by atoms with E-state index in [1.807, 2.05) is 0 Å². The molecule has 3 aliphatic rings. The number of ether oxygens (including phenoxy) is 7. The molecule has 716 valence electrons. The first-order chi connectivity index (χ1) is 60.4. The van der Waals surface area contributed by atoms with Crippen LogP contribution in [0.3, 0.4) is 0 Å². The van der Waals surface area contributed by atoms with Gasteiger partial charge in [-0.25, -0.2) is 32.5 Å². The summed E-state index contributed by atoms with van der Waals surface area (Å²) in [5.74, 6) is -28.0. The van der Waals surface area contributed by atoms with E-state index in [2.05, 4.69) is 61.6 Å². The van der Waals surface area contributed by atoms with Gasteiger partial charge in [0.2, 0.25) is 5.78 Å². The molecule has 3 saturated heterocycles. The van der Waals surface area contributed by atoms with Crippen molar-refractivity contribution < 1.29 is 170 Å². The number of rotatable bonds is 33. The number of carboxylic acids is 1. The monoisotopic (exact) mass is 1880 g/mol. The molecule has 44 nitrogen and oxygen atoms in total. The summed E-state index contributed by atoms with van der Waals surface area (Å²) in [6.07, 6.45) is -25.1. The third kappa shape index (κ3) is 27.9. The molecule has 3 heterocycles. The van der Waals surface area contributed by atoms with Crippen molar-refractivity contribution in [3.8, 4) is 0 Å². The number of hydrogen-bond donors (Lipinski definition) is 19. The van der Waals surface area contributed by atoms with E-state index in [1.165, 1.54) is 67.6 Å². The van der Waals surface area contributed by atoms with E-state index < -0.39 is 250 Å². The number of nitrogens with two attached hydrogens (primary N) is 6. The number of guanidine groups is 2. The number of amidine groups is 1. The van der Waals surface area contributed by atoms with Gasteiger partial charge in [-0.2, -0.15) is 34.8 Å². The Morgan fingerprint density at radius 2 is 1.07 bits per heavy atom. The lowest BCUT2D eigenvalue weighted by molar-refractivity contribution is -0.288. The quantitative estimate of drug-likeness (QED) is 0.00311. The number of benzene rings is 4. The van der Waals surface area contributed by atoms with Gasteiger partial charge in [-0.15, -0.1) is 0 Å². The van der Waals surface area contributed by atoms with Crippen LogP contribution < -0.4 is 55.1 Å². The highest BCUT2D eigenvalue weighted by molar-refractivity contribution is 7.91. The summed E-state index contributed by atoms with van der Waals surface area (Å²) in [5, 5.41) is 92.2. The SMILES string of the molecule is CC(=O)C1(N)C(N=C(N)N)C(F)C(F)(C(=O)O)OC1[C@H](O)[C@H](O)CO.CC[C@@H](OC(C)=O)[C@@H](OC(C)=O)C1OC(F)(C(=O)OC)C(F)C(N=[N+]=[N-])C1C.COC(=O)C1(F)OC([C@H](O)[C@H](O)CO)C(N)(C(C)=O)C(N/C(=C/NC(=O)c2ccccc2)NCC(=O)c2ccccc2)C1F.N=C(C(=O)c1ccccc1)C(=NCC(=O)c1ccccc1)NS(=O)(=O)C(F)(F)F.N=C(N)N. The number of aliphatic carboxylic acids is 1. The summed E-state index contributed by atoms with van der Waals surface area (Å²) in [6, 6.07) is 24.2. The first kappa shape index (κ1) is 111. The maximum Gasteiger partial charge on any atom is 0.516 e. The van der Waals surface area contributed by atoms with Crippen molar-refractivity contribution in [3.05, 3.63) is 166 Å². The number of amides is 1. The van der Waals surface area contributed by atoms with Crippen LogP contribution in [0.5, 0.6) is 0 Å². The highest BCUT2D eigenvalue weighted by Gasteiger charge is 2.72. The molecule has 15 unspecified atom stereocenters. The Labute approximate surface area is 732 Å². The maximum atomic E-state index is 16.1. The summed E-state index contributed by atoms with van der Waals surface area (Å²) in [5.41, 5.74) is 28.4. The Kier molecular flexibility index (Phi) is 41.7. The number of nitrogens with one attached hydrogen (secondary N) is 6. The molecular formula is C76H96F9N17O27S. The molecule has 1 amide bonds. The first-order valence-corrected chi connectivity index (χ1v) is 39.0. The van der Waals surface area contributed by atoms with Gasteiger partial charge in [0.15, 0.2) is 65.5 Å². The first-order valence-electron chi connectivity index (χ1n) is 37.5. The molecule has 0 saturated carbocycles. The van der Waals surface area contributed by atoms with Crippen LogP contribution in [0.15, 0.2) is 148 Å². The van der Waals surface area contributed by atoms with E-state index in [9.17, 15) is 113 Å². The van der Waals surface area contributed by atoms with Gasteiger partial charge in [0, 0.05) is 47.2 Å². The summed E-state index contributed by atoms with van der Waals surface area (Å²) in [4.78, 5) is 143. The van der Waals surface area contributed by atoms with Gasteiger partial charge in [-0.05, 0) is 43.9 Å². The van der Waals surface area contributed by atoms with Crippen LogP contribution in [-0.4, -0.2) is 299 Å². The second-order valence-corrected chi connectivity index (χ2v) is 29.6. The number of sulfonamides is 1. The van der Waals surface area contributed by atoms with E-state index in [4.69, 9.17) is 68.4 Å². The molecule has 3 aliphatic heterocycles. The number of aliphatic imine (C=N–C) groups is 2. The second kappa shape index (κ2) is 48.6. The molecular weight excluding hydrogens is 1790 g/mol.